The summed E-state index contributed by atoms with van der Waals surface area (Å²) in [6.07, 6.45) is 2.37. The lowest BCUT2D eigenvalue weighted by Gasteiger charge is -2.00. The maximum absolute atomic E-state index is 10.9. The molecule has 0 aliphatic heterocycles. The van der Waals surface area contributed by atoms with Gasteiger partial charge in [0.25, 0.3) is 5.91 Å². The highest BCUT2D eigenvalue weighted by Crippen LogP contribution is 1.90. The molecule has 0 aliphatic rings. The zero-order chi connectivity index (χ0) is 9.14. The van der Waals surface area contributed by atoms with E-state index in [1.165, 1.54) is 6.20 Å². The fourth-order valence-corrected chi connectivity index (χ4v) is 0.657. The maximum atomic E-state index is 10.9. The summed E-state index contributed by atoms with van der Waals surface area (Å²) in [5, 5.41) is 10.9. The third-order valence-corrected chi connectivity index (χ3v) is 1.34. The molecule has 0 unspecified atom stereocenters. The Hall–Kier alpha value is -1.69. The van der Waals surface area contributed by atoms with Crippen molar-refractivity contribution in [2.45, 2.75) is 6.92 Å². The minimum absolute atomic E-state index is 0.00176. The number of carbonyl (C=O) groups excluding carboxylic acids is 1. The quantitative estimate of drug-likeness (QED) is 0.178. The molecule has 0 atom stereocenters. The van der Waals surface area contributed by atoms with E-state index in [0.717, 1.165) is 6.20 Å². The second-order valence-electron chi connectivity index (χ2n) is 2.21. The van der Waals surface area contributed by atoms with Crippen LogP contribution < -0.4 is 16.0 Å². The number of rotatable bonds is 1. The molecule has 0 spiro atoms. The first kappa shape index (κ1) is 8.41. The van der Waals surface area contributed by atoms with Gasteiger partial charge in [-0.2, -0.15) is 4.73 Å². The Balaban J connectivity index is 3.05. The standard InChI is InChI=1S/C6H8N4O2/c1-4-2-8-5(3-10(4)12)6(11)9-7/h2-3H,7H2,1H3,(H,9,11). The Morgan fingerprint density at radius 2 is 2.50 bits per heavy atom. The summed E-state index contributed by atoms with van der Waals surface area (Å²) in [4.78, 5) is 14.5. The number of hydrogen-bond donors (Lipinski definition) is 2. The average Bonchev–Trinajstić information content (AvgIpc) is 2.08. The van der Waals surface area contributed by atoms with Gasteiger partial charge in [-0.25, -0.2) is 10.8 Å². The highest BCUT2D eigenvalue weighted by molar-refractivity contribution is 5.91. The average molecular weight is 168 g/mol. The van der Waals surface area contributed by atoms with Crippen molar-refractivity contribution in [1.29, 1.82) is 0 Å². The molecule has 0 bridgehead atoms. The van der Waals surface area contributed by atoms with Crippen molar-refractivity contribution in [3.63, 3.8) is 0 Å². The number of hydrogen-bond acceptors (Lipinski definition) is 4. The van der Waals surface area contributed by atoms with Crippen molar-refractivity contribution < 1.29 is 9.52 Å². The van der Waals surface area contributed by atoms with E-state index in [4.69, 9.17) is 5.84 Å². The van der Waals surface area contributed by atoms with Gasteiger partial charge in [-0.1, -0.05) is 0 Å². The Labute approximate surface area is 68.6 Å². The molecular formula is C6H8N4O2. The number of aromatic nitrogens is 2. The number of aryl methyl sites for hydroxylation is 1. The Bertz CT molecular complexity index is 312. The van der Waals surface area contributed by atoms with Gasteiger partial charge in [-0.05, 0) is 0 Å². The maximum Gasteiger partial charge on any atom is 0.290 e. The number of amides is 1. The Morgan fingerprint density at radius 3 is 3.00 bits per heavy atom. The molecule has 12 heavy (non-hydrogen) atoms. The van der Waals surface area contributed by atoms with Crippen molar-refractivity contribution >= 4 is 5.91 Å². The van der Waals surface area contributed by atoms with E-state index in [2.05, 4.69) is 4.98 Å². The summed E-state index contributed by atoms with van der Waals surface area (Å²) >= 11 is 0. The predicted molar refractivity (Wildman–Crippen MR) is 39.6 cm³/mol. The lowest BCUT2D eigenvalue weighted by atomic mass is 10.4. The molecule has 6 heteroatoms. The van der Waals surface area contributed by atoms with Crippen molar-refractivity contribution in [1.82, 2.24) is 10.4 Å². The molecule has 1 aromatic heterocycles. The number of carbonyl (C=O) groups is 1. The van der Waals surface area contributed by atoms with Gasteiger partial charge in [0.05, 0.1) is 6.20 Å². The van der Waals surface area contributed by atoms with Crippen LogP contribution in [-0.2, 0) is 0 Å². The van der Waals surface area contributed by atoms with Gasteiger partial charge in [-0.3, -0.25) is 10.2 Å². The van der Waals surface area contributed by atoms with Crippen molar-refractivity contribution in [2.75, 3.05) is 0 Å². The monoisotopic (exact) mass is 168 g/mol. The normalized spacial score (nSPS) is 9.50. The fourth-order valence-electron chi connectivity index (χ4n) is 0.657. The van der Waals surface area contributed by atoms with E-state index in [1.807, 2.05) is 5.43 Å². The molecule has 64 valence electrons. The van der Waals surface area contributed by atoms with E-state index < -0.39 is 5.91 Å². The van der Waals surface area contributed by atoms with E-state index in [-0.39, 0.29) is 5.69 Å². The van der Waals surface area contributed by atoms with Gasteiger partial charge in [0.15, 0.2) is 5.69 Å². The fraction of sp³-hybridized carbons (Fsp3) is 0.167. The van der Waals surface area contributed by atoms with Crippen LogP contribution in [0.15, 0.2) is 12.4 Å². The first-order chi connectivity index (χ1) is 5.65. The zero-order valence-electron chi connectivity index (χ0n) is 6.44. The molecule has 3 N–H and O–H groups in total. The van der Waals surface area contributed by atoms with Gasteiger partial charge in [0, 0.05) is 6.92 Å². The third-order valence-electron chi connectivity index (χ3n) is 1.34. The van der Waals surface area contributed by atoms with Crippen molar-refractivity contribution in [2.24, 2.45) is 5.84 Å². The van der Waals surface area contributed by atoms with Crippen LogP contribution in [0.5, 0.6) is 0 Å². The zero-order valence-corrected chi connectivity index (χ0v) is 6.44. The van der Waals surface area contributed by atoms with Gasteiger partial charge < -0.3 is 5.21 Å². The van der Waals surface area contributed by atoms with Crippen LogP contribution in [0, 0.1) is 12.1 Å². The Morgan fingerprint density at radius 1 is 1.83 bits per heavy atom. The number of nitrogens with two attached hydrogens (primary N) is 1. The SMILES string of the molecule is Cc1cnc(C(=O)NN)c[n+]1[O-]. The van der Waals surface area contributed by atoms with E-state index in [9.17, 15) is 10.0 Å². The second-order valence-corrected chi connectivity index (χ2v) is 2.21. The lowest BCUT2D eigenvalue weighted by molar-refractivity contribution is -0.613. The minimum atomic E-state index is -0.584. The van der Waals surface area contributed by atoms with Crippen LogP contribution in [0.3, 0.4) is 0 Å². The molecule has 1 heterocycles. The molecule has 1 amide bonds. The van der Waals surface area contributed by atoms with Crippen LogP contribution in [0.4, 0.5) is 0 Å². The molecule has 6 nitrogen and oxygen atoms in total. The summed E-state index contributed by atoms with van der Waals surface area (Å²) in [5.41, 5.74) is 2.29. The highest BCUT2D eigenvalue weighted by Gasteiger charge is 2.09. The van der Waals surface area contributed by atoms with Gasteiger partial charge >= 0.3 is 0 Å². The molecule has 0 saturated carbocycles. The van der Waals surface area contributed by atoms with Crippen LogP contribution in [0.2, 0.25) is 0 Å². The van der Waals surface area contributed by atoms with Crippen molar-refractivity contribution in [3.05, 3.63) is 29.0 Å². The summed E-state index contributed by atoms with van der Waals surface area (Å²) in [6.45, 7) is 1.59. The third kappa shape index (κ3) is 1.48. The predicted octanol–water partition coefficient (Wildman–Crippen LogP) is -1.37. The first-order valence-electron chi connectivity index (χ1n) is 3.22. The summed E-state index contributed by atoms with van der Waals surface area (Å²) < 4.78 is 0.553. The van der Waals surface area contributed by atoms with E-state index in [0.29, 0.717) is 10.4 Å². The van der Waals surface area contributed by atoms with E-state index in [1.54, 1.807) is 6.92 Å². The highest BCUT2D eigenvalue weighted by atomic mass is 16.5. The van der Waals surface area contributed by atoms with Crippen LogP contribution in [-0.4, -0.2) is 10.9 Å². The molecule has 1 rings (SSSR count). The van der Waals surface area contributed by atoms with E-state index >= 15 is 0 Å². The molecule has 0 aromatic carbocycles. The second kappa shape index (κ2) is 3.14. The summed E-state index contributed by atoms with van der Waals surface area (Å²) in [6, 6.07) is 0. The molecule has 0 fully saturated rings. The molecule has 0 aliphatic carbocycles. The minimum Gasteiger partial charge on any atom is -0.618 e. The van der Waals surface area contributed by atoms with Gasteiger partial charge in [0.2, 0.25) is 11.9 Å². The topological polar surface area (TPSA) is 95.0 Å². The van der Waals surface area contributed by atoms with Crippen LogP contribution >= 0.6 is 0 Å². The van der Waals surface area contributed by atoms with Gasteiger partial charge in [-0.15, -0.1) is 0 Å². The number of nitrogens with zero attached hydrogens (tertiary/aromatic N) is 2. The largest absolute Gasteiger partial charge is 0.618 e. The lowest BCUT2D eigenvalue weighted by Crippen LogP contribution is -2.36. The number of nitrogen functional groups attached to an aromatic ring is 1. The summed E-state index contributed by atoms with van der Waals surface area (Å²) in [7, 11) is 0. The Kier molecular flexibility index (Phi) is 2.20. The van der Waals surface area contributed by atoms with Crippen molar-refractivity contribution in [3.8, 4) is 0 Å². The molecule has 0 saturated heterocycles. The molecule has 0 radical (unpaired) electrons. The molecular weight excluding hydrogens is 160 g/mol. The number of hydrazine groups is 1. The van der Waals surface area contributed by atoms with Gasteiger partial charge in [0.1, 0.15) is 0 Å². The number of nitrogens with one attached hydrogen (secondary N) is 1. The van der Waals surface area contributed by atoms with Crippen LogP contribution in [0.25, 0.3) is 0 Å². The smallest absolute Gasteiger partial charge is 0.290 e. The first-order valence-corrected chi connectivity index (χ1v) is 3.22. The molecule has 1 aromatic rings. The summed E-state index contributed by atoms with van der Waals surface area (Å²) in [5.74, 6) is 4.26. The van der Waals surface area contributed by atoms with Crippen LogP contribution in [0.1, 0.15) is 16.2 Å².